The van der Waals surface area contributed by atoms with Gasteiger partial charge in [0, 0.05) is 37.1 Å². The molecule has 1 N–H and O–H groups in total. The van der Waals surface area contributed by atoms with E-state index in [0.717, 1.165) is 24.1 Å². The van der Waals surface area contributed by atoms with E-state index in [9.17, 15) is 0 Å². The second-order valence-electron chi connectivity index (χ2n) is 5.18. The summed E-state index contributed by atoms with van der Waals surface area (Å²) in [6, 6.07) is 3.12. The first kappa shape index (κ1) is 11.5. The zero-order valence-electron chi connectivity index (χ0n) is 10.9. The number of imidazole rings is 1. The summed E-state index contributed by atoms with van der Waals surface area (Å²) in [4.78, 5) is 4.40. The molecule has 0 bridgehead atoms. The van der Waals surface area contributed by atoms with Gasteiger partial charge in [-0.1, -0.05) is 0 Å². The zero-order valence-corrected chi connectivity index (χ0v) is 10.9. The summed E-state index contributed by atoms with van der Waals surface area (Å²) >= 11 is 0. The van der Waals surface area contributed by atoms with E-state index in [1.165, 1.54) is 12.8 Å². The maximum absolute atomic E-state index is 4.52. The highest BCUT2D eigenvalue weighted by Gasteiger charge is 2.20. The molecule has 96 valence electrons. The molecular weight excluding hydrogens is 226 g/mol. The third-order valence-electron chi connectivity index (χ3n) is 3.17. The molecule has 1 aliphatic carbocycles. The quantitative estimate of drug-likeness (QED) is 0.875. The summed E-state index contributed by atoms with van der Waals surface area (Å²) in [5, 5.41) is 7.98. The van der Waals surface area contributed by atoms with Crippen LogP contribution in [-0.4, -0.2) is 25.4 Å². The average molecular weight is 245 g/mol. The minimum Gasteiger partial charge on any atom is -0.308 e. The third kappa shape index (κ3) is 2.46. The molecule has 18 heavy (non-hydrogen) atoms. The average Bonchev–Trinajstić information content (AvgIpc) is 2.88. The molecule has 0 aliphatic heterocycles. The lowest BCUT2D eigenvalue weighted by Crippen LogP contribution is -2.15. The van der Waals surface area contributed by atoms with E-state index in [-0.39, 0.29) is 0 Å². The number of hydrogen-bond acceptors (Lipinski definition) is 3. The predicted molar refractivity (Wildman–Crippen MR) is 69.6 cm³/mol. The molecule has 0 atom stereocenters. The molecule has 0 saturated heterocycles. The molecule has 1 aliphatic rings. The van der Waals surface area contributed by atoms with Crippen molar-refractivity contribution < 1.29 is 0 Å². The van der Waals surface area contributed by atoms with Crippen molar-refractivity contribution in [3.8, 4) is 5.82 Å². The molecule has 3 rings (SSSR count). The van der Waals surface area contributed by atoms with Gasteiger partial charge >= 0.3 is 0 Å². The Morgan fingerprint density at radius 2 is 2.28 bits per heavy atom. The van der Waals surface area contributed by atoms with Crippen LogP contribution in [0.5, 0.6) is 0 Å². The number of rotatable bonds is 5. The van der Waals surface area contributed by atoms with Gasteiger partial charge in [0.05, 0.1) is 5.69 Å². The van der Waals surface area contributed by atoms with Crippen LogP contribution in [0.4, 0.5) is 0 Å². The summed E-state index contributed by atoms with van der Waals surface area (Å²) in [6.07, 6.45) is 8.49. The van der Waals surface area contributed by atoms with E-state index >= 15 is 0 Å². The van der Waals surface area contributed by atoms with Gasteiger partial charge in [-0.2, -0.15) is 5.10 Å². The molecule has 1 fully saturated rings. The number of hydrogen-bond donors (Lipinski definition) is 1. The molecule has 0 unspecified atom stereocenters. The second-order valence-corrected chi connectivity index (χ2v) is 5.18. The Hall–Kier alpha value is -1.62. The Balaban J connectivity index is 1.70. The molecule has 0 aromatic carbocycles. The monoisotopic (exact) mass is 245 g/mol. The lowest BCUT2D eigenvalue weighted by Gasteiger charge is -2.03. The van der Waals surface area contributed by atoms with Crippen molar-refractivity contribution in [2.45, 2.75) is 45.3 Å². The highest BCUT2D eigenvalue weighted by atomic mass is 15.3. The Morgan fingerprint density at radius 1 is 1.44 bits per heavy atom. The smallest absolute Gasteiger partial charge is 0.159 e. The van der Waals surface area contributed by atoms with Gasteiger partial charge in [-0.05, 0) is 26.7 Å². The normalized spacial score (nSPS) is 15.5. The van der Waals surface area contributed by atoms with E-state index < -0.39 is 0 Å². The Labute approximate surface area is 107 Å². The van der Waals surface area contributed by atoms with Gasteiger partial charge in [-0.15, -0.1) is 0 Å². The molecule has 2 aromatic heterocycles. The summed E-state index contributed by atoms with van der Waals surface area (Å²) in [6.45, 7) is 5.09. The van der Waals surface area contributed by atoms with E-state index in [2.05, 4.69) is 29.2 Å². The standard InChI is InChI=1S/C13H19N5/c1-10(2)18-6-5-13(16-18)17-8-12(15-9-17)7-14-11-3-4-11/h5-6,8-11,14H,3-4,7H2,1-2H3. The number of nitrogens with one attached hydrogen (secondary N) is 1. The first-order chi connectivity index (χ1) is 8.72. The van der Waals surface area contributed by atoms with Gasteiger partial charge in [0.1, 0.15) is 6.33 Å². The Kier molecular flexibility index (Phi) is 2.91. The van der Waals surface area contributed by atoms with Crippen molar-refractivity contribution in [2.24, 2.45) is 0 Å². The largest absolute Gasteiger partial charge is 0.308 e. The molecule has 2 heterocycles. The maximum atomic E-state index is 4.52. The molecule has 0 radical (unpaired) electrons. The fourth-order valence-electron chi connectivity index (χ4n) is 1.87. The van der Waals surface area contributed by atoms with Crippen molar-refractivity contribution in [1.29, 1.82) is 0 Å². The highest BCUT2D eigenvalue weighted by molar-refractivity contribution is 5.21. The van der Waals surface area contributed by atoms with Gasteiger partial charge in [0.2, 0.25) is 0 Å². The molecule has 2 aromatic rings. The topological polar surface area (TPSA) is 47.7 Å². The van der Waals surface area contributed by atoms with Crippen molar-refractivity contribution in [3.05, 3.63) is 30.5 Å². The van der Waals surface area contributed by atoms with Crippen molar-refractivity contribution in [3.63, 3.8) is 0 Å². The van der Waals surface area contributed by atoms with Gasteiger partial charge in [-0.3, -0.25) is 9.25 Å². The molecule has 0 amide bonds. The molecule has 1 saturated carbocycles. The highest BCUT2D eigenvalue weighted by Crippen LogP contribution is 2.19. The van der Waals surface area contributed by atoms with Crippen LogP contribution in [0.3, 0.4) is 0 Å². The summed E-state index contributed by atoms with van der Waals surface area (Å²) in [5.74, 6) is 0.925. The van der Waals surface area contributed by atoms with Crippen LogP contribution in [-0.2, 0) is 6.54 Å². The fourth-order valence-corrected chi connectivity index (χ4v) is 1.87. The lowest BCUT2D eigenvalue weighted by atomic mass is 10.4. The molecule has 5 heteroatoms. The predicted octanol–water partition coefficient (Wildman–Crippen LogP) is 1.90. The summed E-state index contributed by atoms with van der Waals surface area (Å²) in [7, 11) is 0. The Bertz CT molecular complexity index is 521. The maximum Gasteiger partial charge on any atom is 0.159 e. The second kappa shape index (κ2) is 4.57. The van der Waals surface area contributed by atoms with Crippen molar-refractivity contribution in [1.82, 2.24) is 24.6 Å². The Morgan fingerprint density at radius 3 is 2.94 bits per heavy atom. The van der Waals surface area contributed by atoms with Crippen LogP contribution in [0.15, 0.2) is 24.8 Å². The molecular formula is C13H19N5. The van der Waals surface area contributed by atoms with E-state index in [4.69, 9.17) is 0 Å². The van der Waals surface area contributed by atoms with Crippen molar-refractivity contribution >= 4 is 0 Å². The summed E-state index contributed by atoms with van der Waals surface area (Å²) in [5.41, 5.74) is 1.07. The van der Waals surface area contributed by atoms with Crippen LogP contribution >= 0.6 is 0 Å². The van der Waals surface area contributed by atoms with Crippen LogP contribution in [0, 0.1) is 0 Å². The zero-order chi connectivity index (χ0) is 12.5. The molecule has 5 nitrogen and oxygen atoms in total. The van der Waals surface area contributed by atoms with E-state index in [1.54, 1.807) is 0 Å². The van der Waals surface area contributed by atoms with E-state index in [0.29, 0.717) is 6.04 Å². The molecule has 0 spiro atoms. The number of aromatic nitrogens is 4. The van der Waals surface area contributed by atoms with Gasteiger partial charge < -0.3 is 5.32 Å². The van der Waals surface area contributed by atoms with Crippen LogP contribution in [0.25, 0.3) is 5.82 Å². The first-order valence-electron chi connectivity index (χ1n) is 6.54. The van der Waals surface area contributed by atoms with Crippen LogP contribution in [0.2, 0.25) is 0 Å². The van der Waals surface area contributed by atoms with Gasteiger partial charge in [-0.25, -0.2) is 4.98 Å². The SMILES string of the molecule is CC(C)n1ccc(-n2cnc(CNC3CC3)c2)n1. The van der Waals surface area contributed by atoms with Gasteiger partial charge in [0.15, 0.2) is 5.82 Å². The van der Waals surface area contributed by atoms with E-state index in [1.807, 2.05) is 34.0 Å². The first-order valence-corrected chi connectivity index (χ1v) is 6.54. The lowest BCUT2D eigenvalue weighted by molar-refractivity contribution is 0.529. The van der Waals surface area contributed by atoms with Crippen LogP contribution in [0.1, 0.15) is 38.4 Å². The fraction of sp³-hybridized carbons (Fsp3) is 0.538. The minimum atomic E-state index is 0.387. The minimum absolute atomic E-state index is 0.387. The summed E-state index contributed by atoms with van der Waals surface area (Å²) < 4.78 is 3.93. The van der Waals surface area contributed by atoms with Crippen LogP contribution < -0.4 is 5.32 Å². The number of nitrogens with zero attached hydrogens (tertiary/aromatic N) is 4. The van der Waals surface area contributed by atoms with Crippen molar-refractivity contribution in [2.75, 3.05) is 0 Å². The van der Waals surface area contributed by atoms with Gasteiger partial charge in [0.25, 0.3) is 0 Å². The third-order valence-corrected chi connectivity index (χ3v) is 3.17.